The predicted molar refractivity (Wildman–Crippen MR) is 39.6 cm³/mol. The Balaban J connectivity index is 2.76. The van der Waals surface area contributed by atoms with E-state index in [0.29, 0.717) is 0 Å². The molecule has 4 atom stereocenters. The van der Waals surface area contributed by atoms with Gasteiger partial charge in [-0.15, -0.1) is 11.6 Å². The molecule has 0 saturated carbocycles. The van der Waals surface area contributed by atoms with Gasteiger partial charge in [0.25, 0.3) is 0 Å². The van der Waals surface area contributed by atoms with Gasteiger partial charge in [0.1, 0.15) is 12.2 Å². The number of alkyl halides is 1. The molecule has 12 heavy (non-hydrogen) atoms. The first-order valence-corrected chi connectivity index (χ1v) is 4.00. The summed E-state index contributed by atoms with van der Waals surface area (Å²) >= 11 is 5.33. The molecule has 0 spiro atoms. The van der Waals surface area contributed by atoms with Crippen molar-refractivity contribution in [3.8, 4) is 0 Å². The van der Waals surface area contributed by atoms with Crippen molar-refractivity contribution in [1.29, 1.82) is 0 Å². The van der Waals surface area contributed by atoms with Gasteiger partial charge in [-0.25, -0.2) is 0 Å². The Morgan fingerprint density at radius 1 is 1.42 bits per heavy atom. The molecule has 72 valence electrons. The lowest BCUT2D eigenvalue weighted by Crippen LogP contribution is -2.50. The minimum Gasteiger partial charge on any atom is -0.394 e. The van der Waals surface area contributed by atoms with E-state index in [1.54, 1.807) is 0 Å². The molecule has 0 aromatic carbocycles. The molecule has 3 unspecified atom stereocenters. The molecule has 1 aliphatic rings. The van der Waals surface area contributed by atoms with Gasteiger partial charge in [0.05, 0.1) is 12.5 Å². The summed E-state index contributed by atoms with van der Waals surface area (Å²) in [7, 11) is 0. The average molecular weight is 199 g/mol. The largest absolute Gasteiger partial charge is 0.394 e. The first-order chi connectivity index (χ1) is 5.56. The van der Waals surface area contributed by atoms with Gasteiger partial charge in [-0.1, -0.05) is 0 Å². The second kappa shape index (κ2) is 3.45. The Kier molecular flexibility index (Phi) is 2.92. The highest BCUT2D eigenvalue weighted by molar-refractivity contribution is 6.18. The fourth-order valence-corrected chi connectivity index (χ4v) is 1.40. The van der Waals surface area contributed by atoms with Crippen LogP contribution in [0.2, 0.25) is 0 Å². The van der Waals surface area contributed by atoms with Crippen LogP contribution in [0.15, 0.2) is 0 Å². The van der Waals surface area contributed by atoms with Gasteiger partial charge in [0.2, 0.25) is 0 Å². The van der Waals surface area contributed by atoms with Crippen LogP contribution in [0.25, 0.3) is 0 Å². The van der Waals surface area contributed by atoms with Crippen LogP contribution in [0, 0.1) is 0 Å². The Labute approximate surface area is 74.2 Å². The van der Waals surface area contributed by atoms with E-state index in [4.69, 9.17) is 21.8 Å². The zero-order valence-electron chi connectivity index (χ0n) is 6.22. The van der Waals surface area contributed by atoms with E-state index in [9.17, 15) is 10.2 Å². The molecular weight excluding hydrogens is 188 g/mol. The number of hydrogen-bond acceptors (Lipinski definition) is 5. The number of rotatable bonds is 2. The lowest BCUT2D eigenvalue weighted by atomic mass is 9.98. The van der Waals surface area contributed by atoms with Crippen molar-refractivity contribution in [2.24, 2.45) is 0 Å². The van der Waals surface area contributed by atoms with Gasteiger partial charge in [-0.2, -0.15) is 0 Å². The zero-order chi connectivity index (χ0) is 9.35. The molecule has 1 heterocycles. The summed E-state index contributed by atoms with van der Waals surface area (Å²) in [5.41, 5.74) is -1.88. The molecular formula is C6H11ClO5. The van der Waals surface area contributed by atoms with E-state index in [1.165, 1.54) is 0 Å². The first kappa shape index (κ1) is 10.2. The van der Waals surface area contributed by atoms with Gasteiger partial charge in [-0.05, 0) is 0 Å². The lowest BCUT2D eigenvalue weighted by Gasteiger charge is -2.25. The van der Waals surface area contributed by atoms with Crippen molar-refractivity contribution in [3.05, 3.63) is 0 Å². The maximum absolute atomic E-state index is 9.47. The van der Waals surface area contributed by atoms with Crippen molar-refractivity contribution in [2.75, 3.05) is 12.5 Å². The van der Waals surface area contributed by atoms with Crippen molar-refractivity contribution in [3.63, 3.8) is 0 Å². The number of hydrogen-bond donors (Lipinski definition) is 4. The number of aliphatic hydroxyl groups is 4. The average Bonchev–Trinajstić information content (AvgIpc) is 2.30. The summed E-state index contributed by atoms with van der Waals surface area (Å²) < 4.78 is 4.65. The van der Waals surface area contributed by atoms with E-state index in [-0.39, 0.29) is 5.88 Å². The number of halogens is 1. The van der Waals surface area contributed by atoms with Crippen LogP contribution in [0.3, 0.4) is 0 Å². The van der Waals surface area contributed by atoms with Crippen LogP contribution >= 0.6 is 11.6 Å². The summed E-state index contributed by atoms with van der Waals surface area (Å²) in [6.07, 6.45) is -3.90. The SMILES string of the molecule is OCC1OC(O)C(O)(CCl)[C@H]1O. The summed E-state index contributed by atoms with van der Waals surface area (Å²) in [5.74, 6) is -0.355. The topological polar surface area (TPSA) is 90.2 Å². The number of aliphatic hydroxyl groups excluding tert-OH is 3. The maximum atomic E-state index is 9.47. The third kappa shape index (κ3) is 1.32. The van der Waals surface area contributed by atoms with Gasteiger partial charge in [0, 0.05) is 0 Å². The van der Waals surface area contributed by atoms with Crippen LogP contribution in [-0.2, 0) is 4.74 Å². The highest BCUT2D eigenvalue weighted by atomic mass is 35.5. The third-order valence-electron chi connectivity index (χ3n) is 1.99. The minimum absolute atomic E-state index is 0.355. The molecule has 4 N–H and O–H groups in total. The van der Waals surface area contributed by atoms with E-state index in [2.05, 4.69) is 4.74 Å². The Bertz CT molecular complexity index is 166. The predicted octanol–water partition coefficient (Wildman–Crippen LogP) is -1.97. The Morgan fingerprint density at radius 2 is 2.00 bits per heavy atom. The van der Waals surface area contributed by atoms with E-state index in [1.807, 2.05) is 0 Å². The molecule has 0 aromatic heterocycles. The molecule has 1 aliphatic heterocycles. The van der Waals surface area contributed by atoms with Crippen molar-refractivity contribution < 1.29 is 25.2 Å². The molecule has 5 nitrogen and oxygen atoms in total. The highest BCUT2D eigenvalue weighted by Gasteiger charge is 2.54. The molecule has 0 bridgehead atoms. The van der Waals surface area contributed by atoms with E-state index >= 15 is 0 Å². The number of ether oxygens (including phenoxy) is 1. The first-order valence-electron chi connectivity index (χ1n) is 3.47. The van der Waals surface area contributed by atoms with Crippen LogP contribution in [-0.4, -0.2) is 57.0 Å². The monoisotopic (exact) mass is 198 g/mol. The molecule has 6 heteroatoms. The molecule has 0 aromatic rings. The highest BCUT2D eigenvalue weighted by Crippen LogP contribution is 2.30. The van der Waals surface area contributed by atoms with Crippen LogP contribution in [0.1, 0.15) is 0 Å². The molecule has 0 amide bonds. The molecule has 1 rings (SSSR count). The normalized spacial score (nSPS) is 48.2. The van der Waals surface area contributed by atoms with Crippen molar-refractivity contribution in [1.82, 2.24) is 0 Å². The summed E-state index contributed by atoms with van der Waals surface area (Å²) in [6, 6.07) is 0. The smallest absolute Gasteiger partial charge is 0.188 e. The maximum Gasteiger partial charge on any atom is 0.188 e. The molecule has 0 radical (unpaired) electrons. The molecule has 1 saturated heterocycles. The van der Waals surface area contributed by atoms with Gasteiger partial charge in [-0.3, -0.25) is 0 Å². The molecule has 1 fully saturated rings. The minimum atomic E-state index is -1.88. The lowest BCUT2D eigenvalue weighted by molar-refractivity contribution is -0.168. The second-order valence-electron chi connectivity index (χ2n) is 2.78. The van der Waals surface area contributed by atoms with Crippen molar-refractivity contribution >= 4 is 11.6 Å². The standard InChI is InChI=1S/C6H11ClO5/c7-2-6(11)4(9)3(1-8)12-5(6)10/h3-5,8-11H,1-2H2/t3?,4-,5?,6?/m0/s1. The van der Waals surface area contributed by atoms with E-state index in [0.717, 1.165) is 0 Å². The Morgan fingerprint density at radius 3 is 2.25 bits per heavy atom. The van der Waals surface area contributed by atoms with Crippen molar-refractivity contribution in [2.45, 2.75) is 24.1 Å². The van der Waals surface area contributed by atoms with Crippen LogP contribution < -0.4 is 0 Å². The van der Waals surface area contributed by atoms with Crippen LogP contribution in [0.5, 0.6) is 0 Å². The van der Waals surface area contributed by atoms with Gasteiger partial charge in [0.15, 0.2) is 11.9 Å². The second-order valence-corrected chi connectivity index (χ2v) is 3.05. The fraction of sp³-hybridized carbons (Fsp3) is 1.00. The molecule has 0 aliphatic carbocycles. The summed E-state index contributed by atoms with van der Waals surface area (Å²) in [6.45, 7) is -0.475. The van der Waals surface area contributed by atoms with Gasteiger partial charge < -0.3 is 25.2 Å². The van der Waals surface area contributed by atoms with Crippen LogP contribution in [0.4, 0.5) is 0 Å². The summed E-state index contributed by atoms with van der Waals surface area (Å²) in [5, 5.41) is 36.5. The third-order valence-corrected chi connectivity index (χ3v) is 2.42. The zero-order valence-corrected chi connectivity index (χ0v) is 6.98. The van der Waals surface area contributed by atoms with Gasteiger partial charge >= 0.3 is 0 Å². The quantitative estimate of drug-likeness (QED) is 0.387. The van der Waals surface area contributed by atoms with E-state index < -0.39 is 30.7 Å². The Hall–Kier alpha value is 0.0900. The fourth-order valence-electron chi connectivity index (χ4n) is 1.11. The summed E-state index contributed by atoms with van der Waals surface area (Å²) in [4.78, 5) is 0.